The minimum atomic E-state index is -5.08. The first kappa shape index (κ1) is 48.8. The maximum atomic E-state index is 11.6. The fraction of sp³-hybridized carbons (Fsp3) is 0.727. The summed E-state index contributed by atoms with van der Waals surface area (Å²) >= 11 is 0. The number of nitrogens with one attached hydrogen (secondary N) is 3. The second-order valence-corrected chi connectivity index (χ2v) is 8.24. The van der Waals surface area contributed by atoms with Crippen molar-refractivity contribution in [3.8, 4) is 0 Å². The molecule has 0 spiro atoms. The number of aliphatic imine (C=N–C) groups is 1. The molecule has 12 N–H and O–H groups in total. The van der Waals surface area contributed by atoms with Crippen LogP contribution in [0.4, 0.5) is 39.5 Å². The number of nitrogens with two attached hydrogens (primary N) is 3. The number of amides is 2. The maximum Gasteiger partial charge on any atom is 0.490 e. The second-order valence-electron chi connectivity index (χ2n) is 8.24. The third kappa shape index (κ3) is 39.9. The van der Waals surface area contributed by atoms with E-state index in [0.29, 0.717) is 26.2 Å². The predicted octanol–water partition coefficient (Wildman–Crippen LogP) is 0.671. The number of hydrogen-bond acceptors (Lipinski definition) is 8. The number of halogens is 9. The Morgan fingerprint density at radius 3 is 1.17 bits per heavy atom. The average molecular weight is 700 g/mol. The highest BCUT2D eigenvalue weighted by Crippen LogP contribution is 2.14. The van der Waals surface area contributed by atoms with Crippen molar-refractivity contribution < 1.29 is 78.8 Å². The van der Waals surface area contributed by atoms with E-state index in [1.165, 1.54) is 0 Å². The van der Waals surface area contributed by atoms with Crippen LogP contribution in [0.1, 0.15) is 44.9 Å². The van der Waals surface area contributed by atoms with Crippen molar-refractivity contribution in [2.75, 3.05) is 39.3 Å². The third-order valence-electron chi connectivity index (χ3n) is 4.22. The van der Waals surface area contributed by atoms with Gasteiger partial charge in [0.25, 0.3) is 0 Å². The van der Waals surface area contributed by atoms with Crippen LogP contribution in [-0.4, -0.2) is 109 Å². The van der Waals surface area contributed by atoms with Crippen molar-refractivity contribution in [2.24, 2.45) is 22.2 Å². The zero-order chi connectivity index (χ0) is 37.0. The van der Waals surface area contributed by atoms with E-state index >= 15 is 0 Å². The Labute approximate surface area is 256 Å². The lowest BCUT2D eigenvalue weighted by molar-refractivity contribution is -0.193. The van der Waals surface area contributed by atoms with Crippen LogP contribution < -0.4 is 33.2 Å². The standard InChI is InChI=1S/C16H35N7O2.3C2HF3O2/c17-8-7-10-20-9-5-6-12-22-15(25)14(24)21-11-3-1-2-4-13-23-16(18)19;3*3-2(4,5)1(6)7/h20H,1-13,17H2,(H,21,24)(H,22,25)(H4,18,19,23);3*(H,6,7). The Bertz CT molecular complexity index is 857. The number of rotatable bonds is 15. The van der Waals surface area contributed by atoms with E-state index < -0.39 is 48.3 Å². The van der Waals surface area contributed by atoms with Gasteiger partial charge in [0, 0.05) is 19.6 Å². The fourth-order valence-corrected chi connectivity index (χ4v) is 2.09. The SMILES string of the molecule is NCCCNCCCCNC(=O)C(=O)NCCCCCCN=C(N)N.O=C(O)C(F)(F)F.O=C(O)C(F)(F)F.O=C(O)C(F)(F)F. The number of carbonyl (C=O) groups excluding carboxylic acids is 2. The lowest BCUT2D eigenvalue weighted by Gasteiger charge is -2.07. The van der Waals surface area contributed by atoms with E-state index in [1.807, 2.05) is 0 Å². The van der Waals surface area contributed by atoms with Gasteiger partial charge in [-0.1, -0.05) is 12.8 Å². The maximum absolute atomic E-state index is 11.6. The van der Waals surface area contributed by atoms with E-state index in [4.69, 9.17) is 46.9 Å². The lowest BCUT2D eigenvalue weighted by Crippen LogP contribution is -2.40. The summed E-state index contributed by atoms with van der Waals surface area (Å²) in [4.78, 5) is 53.8. The minimum absolute atomic E-state index is 0.112. The molecule has 0 saturated carbocycles. The van der Waals surface area contributed by atoms with Crippen molar-refractivity contribution in [3.63, 3.8) is 0 Å². The number of nitrogens with zero attached hydrogens (tertiary/aromatic N) is 1. The summed E-state index contributed by atoms with van der Waals surface area (Å²) < 4.78 is 95.2. The van der Waals surface area contributed by atoms with Gasteiger partial charge in [-0.25, -0.2) is 14.4 Å². The van der Waals surface area contributed by atoms with Crippen LogP contribution >= 0.6 is 0 Å². The molecule has 0 aliphatic rings. The number of alkyl halides is 9. The molecule has 0 rings (SSSR count). The van der Waals surface area contributed by atoms with Crippen LogP contribution in [0.25, 0.3) is 0 Å². The van der Waals surface area contributed by atoms with Crippen molar-refractivity contribution in [2.45, 2.75) is 63.5 Å². The number of carboxylic acid groups (broad SMARTS) is 3. The Morgan fingerprint density at radius 2 is 0.848 bits per heavy atom. The predicted molar refractivity (Wildman–Crippen MR) is 142 cm³/mol. The van der Waals surface area contributed by atoms with E-state index in [2.05, 4.69) is 20.9 Å². The van der Waals surface area contributed by atoms with Gasteiger partial charge in [-0.05, 0) is 51.7 Å². The Kier molecular flexibility index (Phi) is 28.9. The molecule has 0 aromatic heterocycles. The highest BCUT2D eigenvalue weighted by molar-refractivity contribution is 6.35. The average Bonchev–Trinajstić information content (AvgIpc) is 2.90. The number of hydrogen-bond donors (Lipinski definition) is 9. The summed E-state index contributed by atoms with van der Waals surface area (Å²) in [5, 5.41) is 29.9. The molecule has 0 bridgehead atoms. The van der Waals surface area contributed by atoms with Gasteiger partial charge < -0.3 is 48.5 Å². The van der Waals surface area contributed by atoms with Gasteiger partial charge in [0.2, 0.25) is 0 Å². The Hall–Kier alpha value is -4.09. The smallest absolute Gasteiger partial charge is 0.475 e. The van der Waals surface area contributed by atoms with Crippen molar-refractivity contribution in [3.05, 3.63) is 0 Å². The molecule has 272 valence electrons. The van der Waals surface area contributed by atoms with Crippen LogP contribution in [0.5, 0.6) is 0 Å². The molecule has 0 atom stereocenters. The first-order chi connectivity index (χ1) is 20.9. The van der Waals surface area contributed by atoms with Gasteiger partial charge >= 0.3 is 48.3 Å². The molecule has 0 aromatic rings. The van der Waals surface area contributed by atoms with Gasteiger partial charge in [0.15, 0.2) is 5.96 Å². The third-order valence-corrected chi connectivity index (χ3v) is 4.22. The van der Waals surface area contributed by atoms with Gasteiger partial charge in [-0.2, -0.15) is 39.5 Å². The number of guanidine groups is 1. The largest absolute Gasteiger partial charge is 0.490 e. The van der Waals surface area contributed by atoms with Crippen LogP contribution in [0, 0.1) is 0 Å². The molecule has 24 heteroatoms. The molecule has 46 heavy (non-hydrogen) atoms. The van der Waals surface area contributed by atoms with Crippen molar-refractivity contribution in [1.29, 1.82) is 0 Å². The van der Waals surface area contributed by atoms with Crippen molar-refractivity contribution in [1.82, 2.24) is 16.0 Å². The summed E-state index contributed by atoms with van der Waals surface area (Å²) in [7, 11) is 0. The van der Waals surface area contributed by atoms with E-state index in [0.717, 1.165) is 58.0 Å². The molecular weight excluding hydrogens is 661 g/mol. The molecular formula is C22H38F9N7O8. The summed E-state index contributed by atoms with van der Waals surface area (Å²) in [6.45, 7) is 4.13. The molecule has 0 unspecified atom stereocenters. The van der Waals surface area contributed by atoms with Gasteiger partial charge in [0.1, 0.15) is 0 Å². The quantitative estimate of drug-likeness (QED) is 0.0375. The molecule has 0 aromatic carbocycles. The minimum Gasteiger partial charge on any atom is -0.475 e. The molecule has 0 aliphatic heterocycles. The highest BCUT2D eigenvalue weighted by Gasteiger charge is 2.39. The van der Waals surface area contributed by atoms with Gasteiger partial charge in [-0.15, -0.1) is 0 Å². The second kappa shape index (κ2) is 27.2. The lowest BCUT2D eigenvalue weighted by atomic mass is 10.2. The van der Waals surface area contributed by atoms with Gasteiger partial charge in [0.05, 0.1) is 0 Å². The number of unbranched alkanes of at least 4 members (excludes halogenated alkanes) is 4. The van der Waals surface area contributed by atoms with Crippen LogP contribution in [0.2, 0.25) is 0 Å². The molecule has 0 radical (unpaired) electrons. The summed E-state index contributed by atoms with van der Waals surface area (Å²) in [5.41, 5.74) is 15.9. The van der Waals surface area contributed by atoms with Crippen LogP contribution in [0.15, 0.2) is 4.99 Å². The molecule has 0 saturated heterocycles. The van der Waals surface area contributed by atoms with E-state index in [9.17, 15) is 49.1 Å². The molecule has 15 nitrogen and oxygen atoms in total. The van der Waals surface area contributed by atoms with Crippen LogP contribution in [0.3, 0.4) is 0 Å². The highest BCUT2D eigenvalue weighted by atomic mass is 19.4. The summed E-state index contributed by atoms with van der Waals surface area (Å²) in [6, 6.07) is 0. The molecule has 0 fully saturated rings. The molecule has 0 aliphatic carbocycles. The monoisotopic (exact) mass is 699 g/mol. The van der Waals surface area contributed by atoms with Crippen molar-refractivity contribution >= 4 is 35.7 Å². The number of aliphatic carboxylic acids is 3. The van der Waals surface area contributed by atoms with E-state index in [-0.39, 0.29) is 5.96 Å². The summed E-state index contributed by atoms with van der Waals surface area (Å²) in [6.07, 6.45) is -8.82. The molecule has 2 amide bonds. The topological polar surface area (TPSA) is 273 Å². The Morgan fingerprint density at radius 1 is 0.543 bits per heavy atom. The Balaban J connectivity index is -0.000000337. The fourth-order valence-electron chi connectivity index (χ4n) is 2.09. The first-order valence-corrected chi connectivity index (χ1v) is 12.8. The zero-order valence-electron chi connectivity index (χ0n) is 24.2. The number of carboxylic acids is 3. The van der Waals surface area contributed by atoms with Gasteiger partial charge in [-0.3, -0.25) is 14.6 Å². The van der Waals surface area contributed by atoms with E-state index in [1.54, 1.807) is 0 Å². The summed E-state index contributed by atoms with van der Waals surface area (Å²) in [5.74, 6) is -9.29. The normalized spacial score (nSPS) is 10.7. The zero-order valence-corrected chi connectivity index (χ0v) is 24.2. The molecule has 0 heterocycles. The first-order valence-electron chi connectivity index (χ1n) is 12.8. The number of carbonyl (C=O) groups is 5. The van der Waals surface area contributed by atoms with Crippen LogP contribution in [-0.2, 0) is 24.0 Å².